The minimum Gasteiger partial charge on any atom is -0.465 e. The number of ether oxygens (including phenoxy) is 1. The molecule has 0 radical (unpaired) electrons. The van der Waals surface area contributed by atoms with E-state index in [0.29, 0.717) is 16.9 Å². The summed E-state index contributed by atoms with van der Waals surface area (Å²) in [5, 5.41) is 2.75. The molecule has 0 aromatic heterocycles. The molecule has 1 N–H and O–H groups in total. The Labute approximate surface area is 181 Å². The average molecular weight is 439 g/mol. The van der Waals surface area contributed by atoms with Gasteiger partial charge in [0.15, 0.2) is 0 Å². The average Bonchev–Trinajstić information content (AvgIpc) is 2.80. The monoisotopic (exact) mass is 438 g/mol. The number of rotatable bonds is 6. The van der Waals surface area contributed by atoms with E-state index in [4.69, 9.17) is 4.74 Å². The van der Waals surface area contributed by atoms with E-state index in [0.717, 1.165) is 5.56 Å². The fourth-order valence-corrected chi connectivity index (χ4v) is 4.10. The van der Waals surface area contributed by atoms with Crippen LogP contribution in [0.5, 0.6) is 0 Å². The molecule has 3 rings (SSSR count). The van der Waals surface area contributed by atoms with Crippen molar-refractivity contribution in [3.8, 4) is 0 Å². The third kappa shape index (κ3) is 4.75. The molecule has 0 unspecified atom stereocenters. The Kier molecular flexibility index (Phi) is 6.41. The van der Waals surface area contributed by atoms with Crippen molar-refractivity contribution < 1.29 is 22.7 Å². The van der Waals surface area contributed by atoms with E-state index in [1.807, 2.05) is 0 Å². The highest BCUT2D eigenvalue weighted by Crippen LogP contribution is 2.23. The van der Waals surface area contributed by atoms with E-state index in [-0.39, 0.29) is 10.5 Å². The topological polar surface area (TPSA) is 92.8 Å². The highest BCUT2D eigenvalue weighted by Gasteiger charge is 2.21. The number of carbonyl (C=O) groups is 2. The fourth-order valence-electron chi connectivity index (χ4n) is 2.91. The SMILES string of the molecule is COC(=O)c1ccc(C)c(NC(=O)c2ccc(S(=O)(=O)N(C)c3ccccc3)cc2)c1. The van der Waals surface area contributed by atoms with E-state index in [2.05, 4.69) is 5.32 Å². The number of esters is 1. The van der Waals surface area contributed by atoms with Crippen LogP contribution in [-0.4, -0.2) is 34.5 Å². The van der Waals surface area contributed by atoms with E-state index in [1.165, 1.54) is 48.8 Å². The zero-order valence-electron chi connectivity index (χ0n) is 17.3. The number of nitrogens with zero attached hydrogens (tertiary/aromatic N) is 1. The molecule has 7 nitrogen and oxygen atoms in total. The molecule has 3 aromatic rings. The van der Waals surface area contributed by atoms with Crippen molar-refractivity contribution in [1.82, 2.24) is 0 Å². The summed E-state index contributed by atoms with van der Waals surface area (Å²) in [6, 6.07) is 19.2. The molecule has 0 aliphatic rings. The minimum absolute atomic E-state index is 0.0688. The third-order valence-corrected chi connectivity index (χ3v) is 6.60. The molecule has 0 saturated heterocycles. The van der Waals surface area contributed by atoms with Crippen LogP contribution in [0.2, 0.25) is 0 Å². The Balaban J connectivity index is 1.80. The largest absolute Gasteiger partial charge is 0.465 e. The van der Waals surface area contributed by atoms with Crippen molar-refractivity contribution in [1.29, 1.82) is 0 Å². The van der Waals surface area contributed by atoms with Gasteiger partial charge in [0.25, 0.3) is 15.9 Å². The molecule has 8 heteroatoms. The quantitative estimate of drug-likeness (QED) is 0.590. The summed E-state index contributed by atoms with van der Waals surface area (Å²) >= 11 is 0. The number of carbonyl (C=O) groups excluding carboxylic acids is 2. The van der Waals surface area contributed by atoms with Crippen molar-refractivity contribution in [2.75, 3.05) is 23.8 Å². The van der Waals surface area contributed by atoms with Gasteiger partial charge in [-0.2, -0.15) is 0 Å². The number of para-hydroxylation sites is 1. The number of nitrogens with one attached hydrogen (secondary N) is 1. The second-order valence-corrected chi connectivity index (χ2v) is 8.78. The van der Waals surface area contributed by atoms with Gasteiger partial charge in [-0.15, -0.1) is 0 Å². The first kappa shape index (κ1) is 22.0. The summed E-state index contributed by atoms with van der Waals surface area (Å²) in [4.78, 5) is 24.4. The van der Waals surface area contributed by atoms with E-state index in [9.17, 15) is 18.0 Å². The van der Waals surface area contributed by atoms with Gasteiger partial charge < -0.3 is 10.1 Å². The zero-order valence-corrected chi connectivity index (χ0v) is 18.1. The molecule has 0 aliphatic heterocycles. The van der Waals surface area contributed by atoms with Crippen LogP contribution < -0.4 is 9.62 Å². The van der Waals surface area contributed by atoms with Crippen LogP contribution in [0.3, 0.4) is 0 Å². The van der Waals surface area contributed by atoms with Gasteiger partial charge in [0.05, 0.1) is 23.3 Å². The Hall–Kier alpha value is -3.65. The Morgan fingerprint density at radius 3 is 2.13 bits per heavy atom. The van der Waals surface area contributed by atoms with E-state index < -0.39 is 21.9 Å². The van der Waals surface area contributed by atoms with E-state index >= 15 is 0 Å². The van der Waals surface area contributed by atoms with Crippen LogP contribution in [-0.2, 0) is 14.8 Å². The second-order valence-electron chi connectivity index (χ2n) is 6.81. The lowest BCUT2D eigenvalue weighted by atomic mass is 10.1. The van der Waals surface area contributed by atoms with Gasteiger partial charge in [-0.25, -0.2) is 13.2 Å². The zero-order chi connectivity index (χ0) is 22.6. The van der Waals surface area contributed by atoms with Crippen LogP contribution in [0.4, 0.5) is 11.4 Å². The number of sulfonamides is 1. The van der Waals surface area contributed by atoms with Gasteiger partial charge in [-0.05, 0) is 61.0 Å². The number of amides is 1. The summed E-state index contributed by atoms with van der Waals surface area (Å²) in [5.41, 5.74) is 2.36. The van der Waals surface area contributed by atoms with E-state index in [1.54, 1.807) is 49.4 Å². The molecule has 0 fully saturated rings. The molecular formula is C23H22N2O5S. The van der Waals surface area contributed by atoms with Gasteiger partial charge in [0.1, 0.15) is 0 Å². The van der Waals surface area contributed by atoms with Crippen LogP contribution in [0.25, 0.3) is 0 Å². The van der Waals surface area contributed by atoms with Crippen molar-refractivity contribution in [3.05, 3.63) is 89.5 Å². The van der Waals surface area contributed by atoms with Crippen molar-refractivity contribution in [2.45, 2.75) is 11.8 Å². The predicted molar refractivity (Wildman–Crippen MR) is 119 cm³/mol. The van der Waals surface area contributed by atoms with Gasteiger partial charge in [-0.1, -0.05) is 24.3 Å². The summed E-state index contributed by atoms with van der Waals surface area (Å²) in [7, 11) is -1.01. The smallest absolute Gasteiger partial charge is 0.337 e. The van der Waals surface area contributed by atoms with Gasteiger partial charge >= 0.3 is 5.97 Å². The lowest BCUT2D eigenvalue weighted by Gasteiger charge is -2.19. The highest BCUT2D eigenvalue weighted by atomic mass is 32.2. The predicted octanol–water partition coefficient (Wildman–Crippen LogP) is 3.86. The first-order valence-electron chi connectivity index (χ1n) is 9.38. The summed E-state index contributed by atoms with van der Waals surface area (Å²) < 4.78 is 31.6. The molecule has 0 heterocycles. The number of methoxy groups -OCH3 is 1. The lowest BCUT2D eigenvalue weighted by Crippen LogP contribution is -2.26. The van der Waals surface area contributed by atoms with Crippen LogP contribution >= 0.6 is 0 Å². The highest BCUT2D eigenvalue weighted by molar-refractivity contribution is 7.92. The molecule has 0 saturated carbocycles. The maximum Gasteiger partial charge on any atom is 0.337 e. The molecule has 3 aromatic carbocycles. The van der Waals surface area contributed by atoms with Crippen molar-refractivity contribution >= 4 is 33.3 Å². The first-order chi connectivity index (χ1) is 14.7. The van der Waals surface area contributed by atoms with Gasteiger partial charge in [0.2, 0.25) is 0 Å². The molecule has 0 aliphatic carbocycles. The van der Waals surface area contributed by atoms with Crippen LogP contribution in [0, 0.1) is 6.92 Å². The molecule has 0 atom stereocenters. The molecular weight excluding hydrogens is 416 g/mol. The summed E-state index contributed by atoms with van der Waals surface area (Å²) in [6.07, 6.45) is 0. The normalized spacial score (nSPS) is 10.9. The molecule has 1 amide bonds. The number of hydrogen-bond donors (Lipinski definition) is 1. The second kappa shape index (κ2) is 9.01. The Morgan fingerprint density at radius 1 is 0.903 bits per heavy atom. The van der Waals surface area contributed by atoms with Crippen molar-refractivity contribution in [3.63, 3.8) is 0 Å². The fraction of sp³-hybridized carbons (Fsp3) is 0.130. The Bertz CT molecular complexity index is 1210. The maximum atomic E-state index is 12.9. The number of benzene rings is 3. The number of aryl methyl sites for hydroxylation is 1. The van der Waals surface area contributed by atoms with Crippen LogP contribution in [0.1, 0.15) is 26.3 Å². The number of anilines is 2. The maximum absolute atomic E-state index is 12.9. The number of hydrogen-bond acceptors (Lipinski definition) is 5. The molecule has 31 heavy (non-hydrogen) atoms. The summed E-state index contributed by atoms with van der Waals surface area (Å²) in [6.45, 7) is 1.80. The Morgan fingerprint density at radius 2 is 1.52 bits per heavy atom. The summed E-state index contributed by atoms with van der Waals surface area (Å²) in [5.74, 6) is -0.932. The molecule has 0 bridgehead atoms. The first-order valence-corrected chi connectivity index (χ1v) is 10.8. The van der Waals surface area contributed by atoms with Gasteiger partial charge in [0, 0.05) is 18.3 Å². The van der Waals surface area contributed by atoms with Crippen molar-refractivity contribution in [2.24, 2.45) is 0 Å². The minimum atomic E-state index is -3.77. The molecule has 0 spiro atoms. The van der Waals surface area contributed by atoms with Crippen LogP contribution in [0.15, 0.2) is 77.7 Å². The third-order valence-electron chi connectivity index (χ3n) is 4.80. The molecule has 160 valence electrons. The standard InChI is InChI=1S/C23H22N2O5S/c1-16-9-10-18(23(27)30-3)15-21(16)24-22(26)17-11-13-20(14-12-17)31(28,29)25(2)19-7-5-4-6-8-19/h4-15H,1-3H3,(H,24,26). The lowest BCUT2D eigenvalue weighted by molar-refractivity contribution is 0.0600. The van der Waals surface area contributed by atoms with Gasteiger partial charge in [-0.3, -0.25) is 9.10 Å².